The minimum absolute atomic E-state index is 0.0943. The fourth-order valence-corrected chi connectivity index (χ4v) is 3.97. The van der Waals surface area contributed by atoms with Crippen LogP contribution in [-0.2, 0) is 10.0 Å². The number of sulfonamides is 1. The molecule has 0 atom stereocenters. The van der Waals surface area contributed by atoms with Crippen molar-refractivity contribution in [2.75, 3.05) is 18.9 Å². The van der Waals surface area contributed by atoms with Crippen LogP contribution in [0.4, 0.5) is 5.69 Å². The van der Waals surface area contributed by atoms with E-state index in [1.54, 1.807) is 44.6 Å². The standard InChI is InChI=1S/C20H18ClNO4S/c1-25-17-9-6-14(7-10-17)19-13-16(8-11-20(19)26-2)22-27(23,24)18-5-3-4-15(21)12-18/h3-13,22H,1-2H3. The summed E-state index contributed by atoms with van der Waals surface area (Å²) in [5.74, 6) is 1.36. The molecule has 5 nitrogen and oxygen atoms in total. The van der Waals surface area contributed by atoms with Gasteiger partial charge in [-0.15, -0.1) is 0 Å². The summed E-state index contributed by atoms with van der Waals surface area (Å²) >= 11 is 5.90. The third kappa shape index (κ3) is 4.35. The first-order valence-electron chi connectivity index (χ1n) is 8.04. The second-order valence-corrected chi connectivity index (χ2v) is 7.83. The van der Waals surface area contributed by atoms with Crippen LogP contribution in [0.2, 0.25) is 5.02 Å². The molecule has 0 aliphatic carbocycles. The second-order valence-electron chi connectivity index (χ2n) is 5.71. The molecule has 0 saturated carbocycles. The van der Waals surface area contributed by atoms with Crippen molar-refractivity contribution in [1.82, 2.24) is 0 Å². The summed E-state index contributed by atoms with van der Waals surface area (Å²) in [6, 6.07) is 18.6. The van der Waals surface area contributed by atoms with Crippen LogP contribution in [0.3, 0.4) is 0 Å². The van der Waals surface area contributed by atoms with Crippen molar-refractivity contribution in [2.24, 2.45) is 0 Å². The highest BCUT2D eigenvalue weighted by atomic mass is 35.5. The van der Waals surface area contributed by atoms with Gasteiger partial charge >= 0.3 is 0 Å². The number of benzene rings is 3. The quantitative estimate of drug-likeness (QED) is 0.640. The molecule has 0 unspecified atom stereocenters. The highest BCUT2D eigenvalue weighted by molar-refractivity contribution is 7.92. The lowest BCUT2D eigenvalue weighted by atomic mass is 10.0. The van der Waals surface area contributed by atoms with Gasteiger partial charge in [0.25, 0.3) is 10.0 Å². The van der Waals surface area contributed by atoms with Crippen molar-refractivity contribution in [2.45, 2.75) is 4.90 Å². The van der Waals surface area contributed by atoms with E-state index in [9.17, 15) is 8.42 Å². The number of hydrogen-bond acceptors (Lipinski definition) is 4. The van der Waals surface area contributed by atoms with Crippen LogP contribution in [0.15, 0.2) is 71.6 Å². The molecule has 0 saturated heterocycles. The summed E-state index contributed by atoms with van der Waals surface area (Å²) < 4.78 is 38.4. The summed E-state index contributed by atoms with van der Waals surface area (Å²) in [6.45, 7) is 0. The van der Waals surface area contributed by atoms with E-state index < -0.39 is 10.0 Å². The number of nitrogens with one attached hydrogen (secondary N) is 1. The third-order valence-electron chi connectivity index (χ3n) is 3.96. The van der Waals surface area contributed by atoms with Crippen LogP contribution in [-0.4, -0.2) is 22.6 Å². The molecule has 140 valence electrons. The van der Waals surface area contributed by atoms with Gasteiger partial charge in [-0.2, -0.15) is 0 Å². The number of ether oxygens (including phenoxy) is 2. The molecule has 3 aromatic carbocycles. The van der Waals surface area contributed by atoms with E-state index in [-0.39, 0.29) is 4.90 Å². The van der Waals surface area contributed by atoms with Crippen LogP contribution >= 0.6 is 11.6 Å². The van der Waals surface area contributed by atoms with Gasteiger partial charge in [0.1, 0.15) is 11.5 Å². The molecule has 0 aliphatic heterocycles. The molecule has 3 aromatic rings. The van der Waals surface area contributed by atoms with E-state index >= 15 is 0 Å². The zero-order chi connectivity index (χ0) is 19.4. The summed E-state index contributed by atoms with van der Waals surface area (Å²) in [6.07, 6.45) is 0. The van der Waals surface area contributed by atoms with Crippen LogP contribution in [0.25, 0.3) is 11.1 Å². The predicted molar refractivity (Wildman–Crippen MR) is 107 cm³/mol. The molecule has 0 heterocycles. The van der Waals surface area contributed by atoms with Gasteiger partial charge in [0, 0.05) is 16.3 Å². The molecule has 0 amide bonds. The largest absolute Gasteiger partial charge is 0.497 e. The first kappa shape index (κ1) is 19.1. The highest BCUT2D eigenvalue weighted by Gasteiger charge is 2.16. The second kappa shape index (κ2) is 7.90. The van der Waals surface area contributed by atoms with E-state index in [2.05, 4.69) is 4.72 Å². The van der Waals surface area contributed by atoms with E-state index in [1.807, 2.05) is 24.3 Å². The minimum atomic E-state index is -3.76. The lowest BCUT2D eigenvalue weighted by molar-refractivity contribution is 0.414. The van der Waals surface area contributed by atoms with Crippen LogP contribution in [0, 0.1) is 0 Å². The number of methoxy groups -OCH3 is 2. The Labute approximate surface area is 163 Å². The Kier molecular flexibility index (Phi) is 5.58. The van der Waals surface area contributed by atoms with E-state index in [4.69, 9.17) is 21.1 Å². The smallest absolute Gasteiger partial charge is 0.261 e. The fourth-order valence-electron chi connectivity index (χ4n) is 2.62. The molecule has 0 aromatic heterocycles. The molecule has 0 radical (unpaired) electrons. The van der Waals surface area contributed by atoms with Crippen molar-refractivity contribution in [3.8, 4) is 22.6 Å². The number of hydrogen-bond donors (Lipinski definition) is 1. The maximum atomic E-state index is 12.6. The van der Waals surface area contributed by atoms with Gasteiger partial charge in [0.05, 0.1) is 19.1 Å². The van der Waals surface area contributed by atoms with E-state index in [0.717, 1.165) is 16.9 Å². The van der Waals surface area contributed by atoms with Gasteiger partial charge in [0.2, 0.25) is 0 Å². The average molecular weight is 404 g/mol. The monoisotopic (exact) mass is 403 g/mol. The van der Waals surface area contributed by atoms with Gasteiger partial charge in [-0.3, -0.25) is 4.72 Å². The summed E-state index contributed by atoms with van der Waals surface area (Å²) in [5.41, 5.74) is 2.05. The van der Waals surface area contributed by atoms with Crippen LogP contribution in [0.5, 0.6) is 11.5 Å². The Morgan fingerprint density at radius 2 is 1.63 bits per heavy atom. The van der Waals surface area contributed by atoms with Crippen LogP contribution < -0.4 is 14.2 Å². The molecule has 0 aliphatic rings. The van der Waals surface area contributed by atoms with Crippen molar-refractivity contribution < 1.29 is 17.9 Å². The topological polar surface area (TPSA) is 64.6 Å². The Balaban J connectivity index is 1.97. The summed E-state index contributed by atoms with van der Waals surface area (Å²) in [7, 11) is -0.595. The molecular weight excluding hydrogens is 386 g/mol. The van der Waals surface area contributed by atoms with Crippen molar-refractivity contribution in [3.63, 3.8) is 0 Å². The van der Waals surface area contributed by atoms with Crippen LogP contribution in [0.1, 0.15) is 0 Å². The third-order valence-corrected chi connectivity index (χ3v) is 5.57. The fraction of sp³-hybridized carbons (Fsp3) is 0.100. The average Bonchev–Trinajstić information content (AvgIpc) is 2.68. The molecule has 1 N–H and O–H groups in total. The Hall–Kier alpha value is -2.70. The van der Waals surface area contributed by atoms with Gasteiger partial charge in [-0.1, -0.05) is 29.8 Å². The number of rotatable bonds is 6. The molecule has 7 heteroatoms. The molecule has 0 fully saturated rings. The van der Waals surface area contributed by atoms with E-state index in [1.165, 1.54) is 12.1 Å². The van der Waals surface area contributed by atoms with Crippen molar-refractivity contribution in [3.05, 3.63) is 71.8 Å². The Bertz CT molecular complexity index is 1050. The zero-order valence-corrected chi connectivity index (χ0v) is 16.3. The Morgan fingerprint density at radius 3 is 2.26 bits per heavy atom. The molecule has 3 rings (SSSR count). The maximum Gasteiger partial charge on any atom is 0.261 e. The lowest BCUT2D eigenvalue weighted by Crippen LogP contribution is -2.13. The normalized spacial score (nSPS) is 11.1. The van der Waals surface area contributed by atoms with E-state index in [0.29, 0.717) is 16.5 Å². The SMILES string of the molecule is COc1ccc(-c2cc(NS(=O)(=O)c3cccc(Cl)c3)ccc2OC)cc1. The lowest BCUT2D eigenvalue weighted by Gasteiger charge is -2.13. The molecule has 27 heavy (non-hydrogen) atoms. The van der Waals surface area contributed by atoms with Gasteiger partial charge in [-0.05, 0) is 54.1 Å². The molecule has 0 spiro atoms. The van der Waals surface area contributed by atoms with Gasteiger partial charge < -0.3 is 9.47 Å². The van der Waals surface area contributed by atoms with Crippen molar-refractivity contribution in [1.29, 1.82) is 0 Å². The predicted octanol–water partition coefficient (Wildman–Crippen LogP) is 4.83. The summed E-state index contributed by atoms with van der Waals surface area (Å²) in [4.78, 5) is 0.0943. The number of anilines is 1. The highest BCUT2D eigenvalue weighted by Crippen LogP contribution is 2.34. The first-order valence-corrected chi connectivity index (χ1v) is 9.90. The van der Waals surface area contributed by atoms with Gasteiger partial charge in [0.15, 0.2) is 0 Å². The molecular formula is C20H18ClNO4S. The number of halogens is 1. The Morgan fingerprint density at radius 1 is 0.889 bits per heavy atom. The maximum absolute atomic E-state index is 12.6. The minimum Gasteiger partial charge on any atom is -0.497 e. The van der Waals surface area contributed by atoms with Gasteiger partial charge in [-0.25, -0.2) is 8.42 Å². The van der Waals surface area contributed by atoms with Crippen molar-refractivity contribution >= 4 is 27.3 Å². The summed E-state index contributed by atoms with van der Waals surface area (Å²) in [5, 5.41) is 0.353. The zero-order valence-electron chi connectivity index (χ0n) is 14.8. The first-order chi connectivity index (χ1) is 12.9. The molecule has 0 bridgehead atoms.